The lowest BCUT2D eigenvalue weighted by atomic mass is 9.88. The largest absolute Gasteiger partial charge is 0.388 e. The molecule has 0 bridgehead atoms. The van der Waals surface area contributed by atoms with Gasteiger partial charge in [0.25, 0.3) is 0 Å². The van der Waals surface area contributed by atoms with E-state index in [1.807, 2.05) is 56.4 Å². The van der Waals surface area contributed by atoms with Crippen molar-refractivity contribution in [2.75, 3.05) is 25.6 Å². The third-order valence-electron chi connectivity index (χ3n) is 5.31. The minimum atomic E-state index is -0.723. The van der Waals surface area contributed by atoms with Gasteiger partial charge in [-0.25, -0.2) is 4.98 Å². The van der Waals surface area contributed by atoms with E-state index in [9.17, 15) is 5.11 Å². The van der Waals surface area contributed by atoms with Gasteiger partial charge >= 0.3 is 0 Å². The van der Waals surface area contributed by atoms with Crippen LogP contribution in [0.3, 0.4) is 0 Å². The summed E-state index contributed by atoms with van der Waals surface area (Å²) in [7, 11) is 3.65. The van der Waals surface area contributed by atoms with Gasteiger partial charge in [-0.15, -0.1) is 0 Å². The van der Waals surface area contributed by atoms with Gasteiger partial charge in [-0.3, -0.25) is 0 Å². The van der Waals surface area contributed by atoms with Crippen molar-refractivity contribution in [2.45, 2.75) is 25.2 Å². The molecule has 2 N–H and O–H groups in total. The van der Waals surface area contributed by atoms with Crippen molar-refractivity contribution in [3.63, 3.8) is 0 Å². The molecular formula is C21H25N3O3. The Balaban J connectivity index is 1.82. The van der Waals surface area contributed by atoms with Crippen molar-refractivity contribution in [1.82, 2.24) is 9.55 Å². The Kier molecular flexibility index (Phi) is 4.86. The molecule has 0 saturated heterocycles. The maximum atomic E-state index is 11.1. The quantitative estimate of drug-likeness (QED) is 0.678. The van der Waals surface area contributed by atoms with Crippen LogP contribution in [-0.4, -0.2) is 41.1 Å². The van der Waals surface area contributed by atoms with Crippen molar-refractivity contribution >= 4 is 16.7 Å². The van der Waals surface area contributed by atoms with Crippen LogP contribution >= 0.6 is 0 Å². The number of methoxy groups -OCH3 is 1. The summed E-state index contributed by atoms with van der Waals surface area (Å²) < 4.78 is 13.2. The Labute approximate surface area is 158 Å². The van der Waals surface area contributed by atoms with E-state index in [1.165, 1.54) is 0 Å². The second-order valence-electron chi connectivity index (χ2n) is 6.92. The number of nitrogens with one attached hydrogen (secondary N) is 1. The average Bonchev–Trinajstić information content (AvgIpc) is 2.98. The first kappa shape index (κ1) is 18.0. The zero-order chi connectivity index (χ0) is 19.0. The van der Waals surface area contributed by atoms with E-state index in [4.69, 9.17) is 14.5 Å². The number of aryl methyl sites for hydroxylation is 2. The zero-order valence-electron chi connectivity index (χ0n) is 15.8. The molecule has 2 heterocycles. The fourth-order valence-corrected chi connectivity index (χ4v) is 3.77. The first-order valence-corrected chi connectivity index (χ1v) is 9.18. The number of aliphatic hydroxyl groups is 1. The minimum Gasteiger partial charge on any atom is -0.388 e. The summed E-state index contributed by atoms with van der Waals surface area (Å²) in [5.74, 6) is 0.944. The Morgan fingerprint density at radius 1 is 1.15 bits per heavy atom. The highest BCUT2D eigenvalue weighted by atomic mass is 16.5. The van der Waals surface area contributed by atoms with Gasteiger partial charge in [-0.05, 0) is 18.6 Å². The van der Waals surface area contributed by atoms with E-state index < -0.39 is 12.2 Å². The molecule has 3 aromatic rings. The number of aliphatic hydroxyl groups excluding tert-OH is 1. The molecule has 142 valence electrons. The number of benzene rings is 2. The molecule has 0 radical (unpaired) electrons. The minimum absolute atomic E-state index is 0.279. The number of hydrogen-bond acceptors (Lipinski definition) is 5. The van der Waals surface area contributed by atoms with Crippen molar-refractivity contribution < 1.29 is 14.6 Å². The van der Waals surface area contributed by atoms with Gasteiger partial charge in [-0.2, -0.15) is 0 Å². The molecule has 3 atom stereocenters. The number of anilines is 1. The Bertz CT molecular complexity index is 939. The standard InChI is InChI=1S/C21H25N3O3/c1-13-22-19-16(24(13)2)10-9-15-18(19)23-17(14-7-5-4-6-8-14)20(25)21(15)27-12-11-26-3/h4-10,17,20-21,23,25H,11-12H2,1-3H3/t17-,20-,21-/m1/s1. The predicted molar refractivity (Wildman–Crippen MR) is 105 cm³/mol. The maximum Gasteiger partial charge on any atom is 0.113 e. The van der Waals surface area contributed by atoms with E-state index in [2.05, 4.69) is 9.88 Å². The van der Waals surface area contributed by atoms with Crippen molar-refractivity contribution in [3.05, 3.63) is 59.4 Å². The Hall–Kier alpha value is -2.41. The molecule has 1 aromatic heterocycles. The number of aromatic nitrogens is 2. The summed E-state index contributed by atoms with van der Waals surface area (Å²) >= 11 is 0. The zero-order valence-corrected chi connectivity index (χ0v) is 15.8. The highest BCUT2D eigenvalue weighted by molar-refractivity contribution is 5.92. The number of fused-ring (bicyclic) bond motifs is 3. The van der Waals surface area contributed by atoms with Crippen molar-refractivity contribution in [2.24, 2.45) is 7.05 Å². The molecule has 0 spiro atoms. The van der Waals surface area contributed by atoms with Crippen LogP contribution in [0.25, 0.3) is 11.0 Å². The molecule has 6 nitrogen and oxygen atoms in total. The molecule has 1 aliphatic heterocycles. The fraction of sp³-hybridized carbons (Fsp3) is 0.381. The average molecular weight is 367 g/mol. The van der Waals surface area contributed by atoms with Gasteiger partial charge in [0.15, 0.2) is 0 Å². The van der Waals surface area contributed by atoms with Gasteiger partial charge in [0.1, 0.15) is 23.5 Å². The molecular weight excluding hydrogens is 342 g/mol. The molecule has 0 amide bonds. The third-order valence-corrected chi connectivity index (χ3v) is 5.31. The van der Waals surface area contributed by atoms with Gasteiger partial charge in [-0.1, -0.05) is 36.4 Å². The monoisotopic (exact) mass is 367 g/mol. The van der Waals surface area contributed by atoms with E-state index in [1.54, 1.807) is 7.11 Å². The predicted octanol–water partition coefficient (Wildman–Crippen LogP) is 3.11. The molecule has 0 saturated carbocycles. The molecule has 0 unspecified atom stereocenters. The van der Waals surface area contributed by atoms with E-state index in [-0.39, 0.29) is 6.04 Å². The van der Waals surface area contributed by atoms with Crippen molar-refractivity contribution in [1.29, 1.82) is 0 Å². The van der Waals surface area contributed by atoms with Crippen LogP contribution in [0, 0.1) is 6.92 Å². The number of nitrogens with zero attached hydrogens (tertiary/aromatic N) is 2. The third kappa shape index (κ3) is 3.10. The van der Waals surface area contributed by atoms with Gasteiger partial charge in [0.2, 0.25) is 0 Å². The number of imidazole rings is 1. The number of hydrogen-bond donors (Lipinski definition) is 2. The molecule has 0 aliphatic carbocycles. The van der Waals surface area contributed by atoms with Crippen LogP contribution in [0.4, 0.5) is 5.69 Å². The first-order valence-electron chi connectivity index (χ1n) is 9.18. The molecule has 1 aliphatic rings. The lowest BCUT2D eigenvalue weighted by Crippen LogP contribution is -2.37. The highest BCUT2D eigenvalue weighted by Crippen LogP contribution is 2.44. The summed E-state index contributed by atoms with van der Waals surface area (Å²) in [6, 6.07) is 13.7. The van der Waals surface area contributed by atoms with Crippen LogP contribution in [0.15, 0.2) is 42.5 Å². The van der Waals surface area contributed by atoms with Gasteiger partial charge in [0, 0.05) is 19.7 Å². The topological polar surface area (TPSA) is 68.5 Å². The number of rotatable bonds is 5. The normalized spacial score (nSPS) is 21.9. The second-order valence-corrected chi connectivity index (χ2v) is 6.92. The Morgan fingerprint density at radius 2 is 1.93 bits per heavy atom. The summed E-state index contributed by atoms with van der Waals surface area (Å²) in [6.07, 6.45) is -1.17. The molecule has 4 rings (SSSR count). The molecule has 6 heteroatoms. The molecule has 2 aromatic carbocycles. The molecule has 0 fully saturated rings. The first-order chi connectivity index (χ1) is 13.1. The van der Waals surface area contributed by atoms with Crippen LogP contribution in [0.1, 0.15) is 29.1 Å². The van der Waals surface area contributed by atoms with Gasteiger partial charge < -0.3 is 24.5 Å². The maximum absolute atomic E-state index is 11.1. The summed E-state index contributed by atoms with van der Waals surface area (Å²) in [5, 5.41) is 14.6. The fourth-order valence-electron chi connectivity index (χ4n) is 3.77. The van der Waals surface area contributed by atoms with E-state index >= 15 is 0 Å². The van der Waals surface area contributed by atoms with E-state index in [0.717, 1.165) is 33.7 Å². The SMILES string of the molecule is COCCO[C@@H]1c2ccc3c(nc(C)n3C)c2N[C@H](c2ccccc2)[C@H]1O. The van der Waals surface area contributed by atoms with Crippen LogP contribution in [0.2, 0.25) is 0 Å². The van der Waals surface area contributed by atoms with Crippen LogP contribution < -0.4 is 5.32 Å². The number of ether oxygens (including phenoxy) is 2. The van der Waals surface area contributed by atoms with Crippen molar-refractivity contribution in [3.8, 4) is 0 Å². The Morgan fingerprint density at radius 3 is 2.67 bits per heavy atom. The highest BCUT2D eigenvalue weighted by Gasteiger charge is 2.38. The van der Waals surface area contributed by atoms with Crippen LogP contribution in [-0.2, 0) is 16.5 Å². The second kappa shape index (κ2) is 7.31. The lowest BCUT2D eigenvalue weighted by molar-refractivity contribution is -0.0633. The van der Waals surface area contributed by atoms with E-state index in [0.29, 0.717) is 13.2 Å². The summed E-state index contributed by atoms with van der Waals surface area (Å²) in [5.41, 5.74) is 4.83. The summed E-state index contributed by atoms with van der Waals surface area (Å²) in [4.78, 5) is 4.75. The van der Waals surface area contributed by atoms with Gasteiger partial charge in [0.05, 0.1) is 30.5 Å². The lowest BCUT2D eigenvalue weighted by Gasteiger charge is -2.38. The van der Waals surface area contributed by atoms with Crippen LogP contribution in [0.5, 0.6) is 0 Å². The summed E-state index contributed by atoms with van der Waals surface area (Å²) in [6.45, 7) is 2.89. The smallest absolute Gasteiger partial charge is 0.113 e. The molecule has 27 heavy (non-hydrogen) atoms.